The molecule has 0 radical (unpaired) electrons. The summed E-state index contributed by atoms with van der Waals surface area (Å²) in [4.78, 5) is 0. The monoisotopic (exact) mass is 161 g/mol. The maximum atomic E-state index is 9.46. The van der Waals surface area contributed by atoms with Crippen LogP contribution in [0.4, 0.5) is 0 Å². The van der Waals surface area contributed by atoms with Crippen molar-refractivity contribution in [2.45, 2.75) is 20.0 Å². The average molecular weight is 161 g/mol. The first-order chi connectivity index (χ1) is 5.66. The fourth-order valence-corrected chi connectivity index (χ4v) is 1.33. The van der Waals surface area contributed by atoms with E-state index >= 15 is 0 Å². The Bertz CT molecular complexity index is 311. The molecule has 0 spiro atoms. The predicted octanol–water partition coefficient (Wildman–Crippen LogP) is 1.70. The van der Waals surface area contributed by atoms with Gasteiger partial charge in [-0.3, -0.25) is 0 Å². The van der Waals surface area contributed by atoms with Crippen LogP contribution in [-0.4, -0.2) is 11.2 Å². The van der Waals surface area contributed by atoms with Crippen molar-refractivity contribution in [3.8, 4) is 6.07 Å². The molecular weight excluding hydrogens is 150 g/mol. The molecule has 1 N–H and O–H groups in total. The molecule has 0 aromatic rings. The van der Waals surface area contributed by atoms with Crippen molar-refractivity contribution >= 4 is 0 Å². The van der Waals surface area contributed by atoms with Crippen molar-refractivity contribution in [2.24, 2.45) is 0 Å². The number of nitriles is 1. The quantitative estimate of drug-likeness (QED) is 0.549. The van der Waals surface area contributed by atoms with Crippen LogP contribution in [0.25, 0.3) is 0 Å². The lowest BCUT2D eigenvalue weighted by atomic mass is 10.0. The molecule has 12 heavy (non-hydrogen) atoms. The normalized spacial score (nSPS) is 24.7. The number of aliphatic hydroxyl groups excluding tert-OH is 1. The number of rotatable bonds is 0. The van der Waals surface area contributed by atoms with Gasteiger partial charge in [-0.2, -0.15) is 5.26 Å². The van der Waals surface area contributed by atoms with E-state index in [1.807, 2.05) is 19.9 Å². The van der Waals surface area contributed by atoms with Crippen LogP contribution < -0.4 is 0 Å². The molecule has 1 atom stereocenters. The van der Waals surface area contributed by atoms with Gasteiger partial charge in [0.25, 0.3) is 0 Å². The zero-order valence-corrected chi connectivity index (χ0v) is 7.20. The minimum Gasteiger partial charge on any atom is -0.384 e. The molecule has 0 amide bonds. The van der Waals surface area contributed by atoms with Crippen LogP contribution in [0, 0.1) is 11.3 Å². The largest absolute Gasteiger partial charge is 0.384 e. The number of hydrogen-bond donors (Lipinski definition) is 1. The van der Waals surface area contributed by atoms with Gasteiger partial charge >= 0.3 is 0 Å². The van der Waals surface area contributed by atoms with E-state index in [9.17, 15) is 5.11 Å². The van der Waals surface area contributed by atoms with Crippen LogP contribution in [0.15, 0.2) is 34.9 Å². The highest BCUT2D eigenvalue weighted by Crippen LogP contribution is 2.26. The second-order valence-electron chi connectivity index (χ2n) is 2.95. The molecule has 1 rings (SSSR count). The zero-order chi connectivity index (χ0) is 9.14. The Morgan fingerprint density at radius 3 is 2.83 bits per heavy atom. The van der Waals surface area contributed by atoms with Crippen LogP contribution in [0.3, 0.4) is 0 Å². The van der Waals surface area contributed by atoms with E-state index < -0.39 is 6.10 Å². The topological polar surface area (TPSA) is 44.0 Å². The molecule has 0 heterocycles. The van der Waals surface area contributed by atoms with Gasteiger partial charge in [-0.1, -0.05) is 17.7 Å². The van der Waals surface area contributed by atoms with Crippen LogP contribution in [-0.2, 0) is 0 Å². The number of hydrogen-bond acceptors (Lipinski definition) is 2. The first-order valence-corrected chi connectivity index (χ1v) is 3.80. The van der Waals surface area contributed by atoms with Gasteiger partial charge in [0.05, 0.1) is 12.2 Å². The van der Waals surface area contributed by atoms with Crippen LogP contribution in [0.5, 0.6) is 0 Å². The second kappa shape index (κ2) is 3.38. The summed E-state index contributed by atoms with van der Waals surface area (Å²) in [6.45, 7) is 3.85. The summed E-state index contributed by atoms with van der Waals surface area (Å²) in [5, 5.41) is 17.9. The van der Waals surface area contributed by atoms with E-state index in [0.29, 0.717) is 0 Å². The van der Waals surface area contributed by atoms with Gasteiger partial charge in [0, 0.05) is 6.08 Å². The summed E-state index contributed by atoms with van der Waals surface area (Å²) in [6, 6.07) is 1.96. The minimum atomic E-state index is -0.533. The number of aliphatic hydroxyl groups is 1. The fourth-order valence-electron chi connectivity index (χ4n) is 1.33. The Hall–Kier alpha value is -1.33. The van der Waals surface area contributed by atoms with E-state index in [1.54, 1.807) is 12.2 Å². The Morgan fingerprint density at radius 1 is 1.67 bits per heavy atom. The molecule has 1 aliphatic rings. The lowest BCUT2D eigenvalue weighted by Gasteiger charge is -2.07. The predicted molar refractivity (Wildman–Crippen MR) is 47.2 cm³/mol. The van der Waals surface area contributed by atoms with E-state index in [1.165, 1.54) is 6.08 Å². The van der Waals surface area contributed by atoms with Crippen molar-refractivity contribution < 1.29 is 5.11 Å². The van der Waals surface area contributed by atoms with Crippen molar-refractivity contribution in [1.82, 2.24) is 0 Å². The maximum absolute atomic E-state index is 9.46. The summed E-state index contributed by atoms with van der Waals surface area (Å²) in [5.74, 6) is 0. The third-order valence-electron chi connectivity index (χ3n) is 1.82. The highest BCUT2D eigenvalue weighted by Gasteiger charge is 2.17. The smallest absolute Gasteiger partial charge is 0.0980 e. The lowest BCUT2D eigenvalue weighted by Crippen LogP contribution is -2.03. The molecule has 2 heteroatoms. The van der Waals surface area contributed by atoms with E-state index in [4.69, 9.17) is 5.26 Å². The van der Waals surface area contributed by atoms with Gasteiger partial charge in [0.2, 0.25) is 0 Å². The number of allylic oxidation sites excluding steroid dienone is 3. The first-order valence-electron chi connectivity index (χ1n) is 3.80. The van der Waals surface area contributed by atoms with Crippen LogP contribution in [0.1, 0.15) is 13.8 Å². The molecule has 0 aromatic carbocycles. The standard InChI is InChI=1S/C10H11NO/c1-7(2)10-8(5-6-11)3-4-9(10)12/h3-5,9,12H,1-2H3/b8-5-/t9-/m0/s1. The molecule has 0 saturated heterocycles. The highest BCUT2D eigenvalue weighted by molar-refractivity contribution is 5.53. The highest BCUT2D eigenvalue weighted by atomic mass is 16.3. The molecule has 0 saturated carbocycles. The summed E-state index contributed by atoms with van der Waals surface area (Å²) in [7, 11) is 0. The molecule has 0 aliphatic heterocycles. The van der Waals surface area contributed by atoms with Crippen molar-refractivity contribution in [2.75, 3.05) is 0 Å². The third-order valence-corrected chi connectivity index (χ3v) is 1.82. The Balaban J connectivity index is 3.11. The molecular formula is C10H11NO. The first kappa shape index (κ1) is 8.76. The summed E-state index contributed by atoms with van der Waals surface area (Å²) < 4.78 is 0. The summed E-state index contributed by atoms with van der Waals surface area (Å²) in [5.41, 5.74) is 2.73. The van der Waals surface area contributed by atoms with E-state index in [0.717, 1.165) is 16.7 Å². The molecule has 0 aromatic heterocycles. The Labute approximate surface area is 72.1 Å². The van der Waals surface area contributed by atoms with Gasteiger partial charge in [0.15, 0.2) is 0 Å². The zero-order valence-electron chi connectivity index (χ0n) is 7.20. The lowest BCUT2D eigenvalue weighted by molar-refractivity contribution is 0.265. The number of nitrogens with zero attached hydrogens (tertiary/aromatic N) is 1. The van der Waals surface area contributed by atoms with Gasteiger partial charge in [-0.15, -0.1) is 0 Å². The molecule has 0 unspecified atom stereocenters. The maximum Gasteiger partial charge on any atom is 0.0980 e. The van der Waals surface area contributed by atoms with Crippen molar-refractivity contribution in [1.29, 1.82) is 5.26 Å². The van der Waals surface area contributed by atoms with E-state index in [2.05, 4.69) is 0 Å². The molecule has 1 aliphatic carbocycles. The van der Waals surface area contributed by atoms with E-state index in [-0.39, 0.29) is 0 Å². The summed E-state index contributed by atoms with van der Waals surface area (Å²) in [6.07, 6.45) is 4.38. The minimum absolute atomic E-state index is 0.533. The SMILES string of the molecule is CC(C)=C1/C(=C\C#N)C=C[C@@H]1O. The van der Waals surface area contributed by atoms with Crippen molar-refractivity contribution in [3.63, 3.8) is 0 Å². The van der Waals surface area contributed by atoms with Gasteiger partial charge < -0.3 is 5.11 Å². The van der Waals surface area contributed by atoms with Crippen LogP contribution in [0.2, 0.25) is 0 Å². The fraction of sp³-hybridized carbons (Fsp3) is 0.300. The Kier molecular flexibility index (Phi) is 2.47. The van der Waals surface area contributed by atoms with Crippen LogP contribution >= 0.6 is 0 Å². The molecule has 0 fully saturated rings. The second-order valence-corrected chi connectivity index (χ2v) is 2.95. The van der Waals surface area contributed by atoms with Gasteiger partial charge in [-0.05, 0) is 25.0 Å². The average Bonchev–Trinajstić information content (AvgIpc) is 2.32. The van der Waals surface area contributed by atoms with Crippen molar-refractivity contribution in [3.05, 3.63) is 34.9 Å². The summed E-state index contributed by atoms with van der Waals surface area (Å²) >= 11 is 0. The van der Waals surface area contributed by atoms with Gasteiger partial charge in [-0.25, -0.2) is 0 Å². The molecule has 2 nitrogen and oxygen atoms in total. The third kappa shape index (κ3) is 1.46. The molecule has 0 bridgehead atoms. The molecule has 62 valence electrons. The Morgan fingerprint density at radius 2 is 2.33 bits per heavy atom. The van der Waals surface area contributed by atoms with Gasteiger partial charge in [0.1, 0.15) is 0 Å².